The molecular weight excluding hydrogens is 260 g/mol. The molecule has 6 nitrogen and oxygen atoms in total. The number of hydrogen-bond donors (Lipinski definition) is 0. The zero-order valence-electron chi connectivity index (χ0n) is 11.2. The molecule has 2 aromatic rings. The lowest BCUT2D eigenvalue weighted by atomic mass is 10.1. The van der Waals surface area contributed by atoms with Crippen molar-refractivity contribution in [1.82, 2.24) is 4.98 Å². The van der Waals surface area contributed by atoms with Crippen molar-refractivity contribution in [2.24, 2.45) is 0 Å². The molecule has 2 rings (SSSR count). The van der Waals surface area contributed by atoms with Gasteiger partial charge in [-0.1, -0.05) is 13.0 Å². The van der Waals surface area contributed by atoms with Crippen LogP contribution in [-0.2, 0) is 6.42 Å². The van der Waals surface area contributed by atoms with Gasteiger partial charge in [0, 0.05) is 0 Å². The Morgan fingerprint density at radius 2 is 2.05 bits per heavy atom. The van der Waals surface area contributed by atoms with E-state index in [0.29, 0.717) is 11.5 Å². The van der Waals surface area contributed by atoms with Crippen molar-refractivity contribution in [1.29, 1.82) is 0 Å². The number of rotatable bonds is 5. The van der Waals surface area contributed by atoms with Gasteiger partial charge in [-0.15, -0.1) is 0 Å². The number of pyridine rings is 1. The zero-order chi connectivity index (χ0) is 14.5. The van der Waals surface area contributed by atoms with Crippen molar-refractivity contribution < 1.29 is 14.4 Å². The lowest BCUT2D eigenvalue weighted by Gasteiger charge is -2.11. The SMILES string of the molecule is CCc1ccc(Oc2cccnc2[N+](=O)[O-])c(OC)c1. The van der Waals surface area contributed by atoms with Gasteiger partial charge in [-0.3, -0.25) is 0 Å². The Kier molecular flexibility index (Phi) is 4.14. The summed E-state index contributed by atoms with van der Waals surface area (Å²) < 4.78 is 10.8. The number of hydrogen-bond acceptors (Lipinski definition) is 5. The molecule has 0 bridgehead atoms. The van der Waals surface area contributed by atoms with Crippen LogP contribution in [0.4, 0.5) is 5.82 Å². The Balaban J connectivity index is 2.37. The molecule has 1 aromatic heterocycles. The summed E-state index contributed by atoms with van der Waals surface area (Å²) in [7, 11) is 1.53. The predicted molar refractivity (Wildman–Crippen MR) is 73.3 cm³/mol. The molecule has 0 amide bonds. The molecule has 0 N–H and O–H groups in total. The Morgan fingerprint density at radius 3 is 2.70 bits per heavy atom. The second kappa shape index (κ2) is 6.01. The highest BCUT2D eigenvalue weighted by atomic mass is 16.6. The molecule has 0 atom stereocenters. The number of nitro groups is 1. The molecule has 0 radical (unpaired) electrons. The van der Waals surface area contributed by atoms with E-state index in [2.05, 4.69) is 4.98 Å². The molecule has 0 fully saturated rings. The molecule has 0 saturated carbocycles. The molecule has 0 saturated heterocycles. The zero-order valence-corrected chi connectivity index (χ0v) is 11.2. The molecule has 20 heavy (non-hydrogen) atoms. The van der Waals surface area contributed by atoms with Gasteiger partial charge in [0.15, 0.2) is 11.5 Å². The summed E-state index contributed by atoms with van der Waals surface area (Å²) in [5.74, 6) is 0.706. The van der Waals surface area contributed by atoms with Crippen molar-refractivity contribution in [2.45, 2.75) is 13.3 Å². The van der Waals surface area contributed by atoms with E-state index in [0.717, 1.165) is 12.0 Å². The largest absolute Gasteiger partial charge is 0.493 e. The third-order valence-electron chi connectivity index (χ3n) is 2.78. The lowest BCUT2D eigenvalue weighted by molar-refractivity contribution is -0.390. The van der Waals surface area contributed by atoms with Crippen LogP contribution in [-0.4, -0.2) is 17.0 Å². The van der Waals surface area contributed by atoms with Crippen molar-refractivity contribution in [3.05, 3.63) is 52.2 Å². The van der Waals surface area contributed by atoms with E-state index >= 15 is 0 Å². The first kappa shape index (κ1) is 13.8. The summed E-state index contributed by atoms with van der Waals surface area (Å²) >= 11 is 0. The predicted octanol–water partition coefficient (Wildman–Crippen LogP) is 3.35. The first-order valence-corrected chi connectivity index (χ1v) is 6.10. The highest BCUT2D eigenvalue weighted by molar-refractivity contribution is 5.48. The van der Waals surface area contributed by atoms with Crippen molar-refractivity contribution in [3.8, 4) is 17.2 Å². The van der Waals surface area contributed by atoms with E-state index < -0.39 is 4.92 Å². The van der Waals surface area contributed by atoms with E-state index in [1.807, 2.05) is 19.1 Å². The van der Waals surface area contributed by atoms with Crippen LogP contribution in [0.5, 0.6) is 17.2 Å². The maximum absolute atomic E-state index is 10.9. The average Bonchev–Trinajstić information content (AvgIpc) is 2.48. The van der Waals surface area contributed by atoms with E-state index in [1.165, 1.54) is 19.4 Å². The lowest BCUT2D eigenvalue weighted by Crippen LogP contribution is -1.97. The molecule has 1 heterocycles. The molecule has 0 unspecified atom stereocenters. The smallest absolute Gasteiger partial charge is 0.406 e. The quantitative estimate of drug-likeness (QED) is 0.617. The summed E-state index contributed by atoms with van der Waals surface area (Å²) in [4.78, 5) is 14.0. The van der Waals surface area contributed by atoms with Gasteiger partial charge >= 0.3 is 5.82 Å². The molecule has 0 spiro atoms. The third kappa shape index (κ3) is 2.85. The van der Waals surface area contributed by atoms with Gasteiger partial charge in [-0.2, -0.15) is 0 Å². The highest BCUT2D eigenvalue weighted by Gasteiger charge is 2.18. The Hall–Kier alpha value is -2.63. The van der Waals surface area contributed by atoms with Gasteiger partial charge in [-0.05, 0) is 46.2 Å². The van der Waals surface area contributed by atoms with Crippen molar-refractivity contribution >= 4 is 5.82 Å². The van der Waals surface area contributed by atoms with E-state index in [-0.39, 0.29) is 11.6 Å². The van der Waals surface area contributed by atoms with Crippen molar-refractivity contribution in [2.75, 3.05) is 7.11 Å². The second-order valence-electron chi connectivity index (χ2n) is 4.02. The van der Waals surface area contributed by atoms with Crippen LogP contribution in [0, 0.1) is 10.1 Å². The van der Waals surface area contributed by atoms with Gasteiger partial charge in [0.05, 0.1) is 7.11 Å². The monoisotopic (exact) mass is 274 g/mol. The van der Waals surface area contributed by atoms with Gasteiger partial charge in [0.2, 0.25) is 5.75 Å². The minimum Gasteiger partial charge on any atom is -0.493 e. The molecule has 0 aliphatic heterocycles. The average molecular weight is 274 g/mol. The number of benzene rings is 1. The van der Waals surface area contributed by atoms with Crippen LogP contribution in [0.15, 0.2) is 36.5 Å². The van der Waals surface area contributed by atoms with Crippen molar-refractivity contribution in [3.63, 3.8) is 0 Å². The normalized spacial score (nSPS) is 10.1. The Labute approximate surface area is 116 Å². The fraction of sp³-hybridized carbons (Fsp3) is 0.214. The van der Waals surface area contributed by atoms with Crippen LogP contribution < -0.4 is 9.47 Å². The number of ether oxygens (including phenoxy) is 2. The molecule has 0 aliphatic rings. The van der Waals surface area contributed by atoms with Crippen LogP contribution in [0.1, 0.15) is 12.5 Å². The Bertz CT molecular complexity index is 628. The number of aryl methyl sites for hydroxylation is 1. The number of methoxy groups -OCH3 is 1. The fourth-order valence-electron chi connectivity index (χ4n) is 1.73. The third-order valence-corrected chi connectivity index (χ3v) is 2.78. The molecule has 104 valence electrons. The molecule has 6 heteroatoms. The molecular formula is C14H14N2O4. The topological polar surface area (TPSA) is 74.5 Å². The number of aromatic nitrogens is 1. The standard InChI is InChI=1S/C14H14N2O4/c1-3-10-6-7-11(13(9-10)19-2)20-12-5-4-8-15-14(12)16(17)18/h4-9H,3H2,1-2H3. The number of nitrogens with zero attached hydrogens (tertiary/aromatic N) is 2. The van der Waals surface area contributed by atoms with Gasteiger partial charge in [-0.25, -0.2) is 0 Å². The van der Waals surface area contributed by atoms with Crippen LogP contribution in [0.2, 0.25) is 0 Å². The summed E-state index contributed by atoms with van der Waals surface area (Å²) in [6, 6.07) is 8.54. The fourth-order valence-corrected chi connectivity index (χ4v) is 1.73. The molecule has 0 aliphatic carbocycles. The minimum atomic E-state index is -0.581. The Morgan fingerprint density at radius 1 is 1.25 bits per heavy atom. The van der Waals surface area contributed by atoms with E-state index in [9.17, 15) is 10.1 Å². The van der Waals surface area contributed by atoms with Gasteiger partial charge in [0.25, 0.3) is 0 Å². The maximum Gasteiger partial charge on any atom is 0.406 e. The second-order valence-corrected chi connectivity index (χ2v) is 4.02. The van der Waals surface area contributed by atoms with E-state index in [4.69, 9.17) is 9.47 Å². The summed E-state index contributed by atoms with van der Waals surface area (Å²) in [5, 5.41) is 10.9. The summed E-state index contributed by atoms with van der Waals surface area (Å²) in [6.45, 7) is 2.03. The van der Waals surface area contributed by atoms with Crippen LogP contribution >= 0.6 is 0 Å². The maximum atomic E-state index is 10.9. The highest BCUT2D eigenvalue weighted by Crippen LogP contribution is 2.35. The summed E-state index contributed by atoms with van der Waals surface area (Å²) in [6.07, 6.45) is 2.21. The van der Waals surface area contributed by atoms with E-state index in [1.54, 1.807) is 12.1 Å². The minimum absolute atomic E-state index is 0.0834. The first-order valence-electron chi connectivity index (χ1n) is 6.10. The van der Waals surface area contributed by atoms with Crippen LogP contribution in [0.3, 0.4) is 0 Å². The first-order chi connectivity index (χ1) is 9.65. The molecule has 1 aromatic carbocycles. The van der Waals surface area contributed by atoms with Gasteiger partial charge < -0.3 is 19.6 Å². The van der Waals surface area contributed by atoms with Gasteiger partial charge in [0.1, 0.15) is 6.20 Å². The van der Waals surface area contributed by atoms with Crippen LogP contribution in [0.25, 0.3) is 0 Å². The summed E-state index contributed by atoms with van der Waals surface area (Å²) in [5.41, 5.74) is 1.09.